The molecule has 2 amide bonds. The van der Waals surface area contributed by atoms with Gasteiger partial charge in [-0.2, -0.15) is 0 Å². The van der Waals surface area contributed by atoms with Gasteiger partial charge < -0.3 is 20.6 Å². The predicted octanol–water partition coefficient (Wildman–Crippen LogP) is -1.03. The summed E-state index contributed by atoms with van der Waals surface area (Å²) in [5.74, 6) is -2.57. The molecule has 4 N–H and O–H groups in total. The topological polar surface area (TPSA) is 136 Å². The van der Waals surface area contributed by atoms with Gasteiger partial charge in [0, 0.05) is 0 Å². The molecule has 0 aliphatic carbocycles. The quantitative estimate of drug-likeness (QED) is 0.594. The fraction of sp³-hybridized carbons (Fsp3) is 0.400. The third-order valence-corrected chi connectivity index (χ3v) is 2.02. The summed E-state index contributed by atoms with van der Waals surface area (Å²) in [6.45, 7) is 1.69. The van der Waals surface area contributed by atoms with E-state index in [0.29, 0.717) is 5.69 Å². The number of nitrogens with one attached hydrogen (secondary N) is 1. The Hall–Kier alpha value is -2.38. The lowest BCUT2D eigenvalue weighted by atomic mass is 10.2. The van der Waals surface area contributed by atoms with Crippen molar-refractivity contribution in [2.45, 2.75) is 25.8 Å². The Bertz CT molecular complexity index is 468. The van der Waals surface area contributed by atoms with Gasteiger partial charge in [0.05, 0.1) is 12.1 Å². The van der Waals surface area contributed by atoms with Crippen LogP contribution in [-0.2, 0) is 20.8 Å². The van der Waals surface area contributed by atoms with E-state index in [1.54, 1.807) is 6.92 Å². The zero-order chi connectivity index (χ0) is 13.7. The van der Waals surface area contributed by atoms with Crippen molar-refractivity contribution in [1.29, 1.82) is 0 Å². The number of aromatic nitrogens is 1. The Labute approximate surface area is 102 Å². The van der Waals surface area contributed by atoms with Crippen molar-refractivity contribution in [3.05, 3.63) is 17.8 Å². The van der Waals surface area contributed by atoms with Crippen LogP contribution in [-0.4, -0.2) is 33.9 Å². The van der Waals surface area contributed by atoms with Crippen molar-refractivity contribution < 1.29 is 23.9 Å². The van der Waals surface area contributed by atoms with Crippen LogP contribution in [0.1, 0.15) is 18.0 Å². The second-order valence-corrected chi connectivity index (χ2v) is 3.69. The number of hydrogen-bond acceptors (Lipinski definition) is 5. The molecule has 1 aromatic heterocycles. The summed E-state index contributed by atoms with van der Waals surface area (Å²) in [6, 6.07) is -1.34. The van der Waals surface area contributed by atoms with Gasteiger partial charge in [-0.05, 0) is 6.92 Å². The second-order valence-electron chi connectivity index (χ2n) is 3.69. The first-order valence-electron chi connectivity index (χ1n) is 5.10. The van der Waals surface area contributed by atoms with E-state index >= 15 is 0 Å². The summed E-state index contributed by atoms with van der Waals surface area (Å²) in [4.78, 5) is 36.8. The van der Waals surface area contributed by atoms with Gasteiger partial charge >= 0.3 is 5.97 Å². The number of carbonyl (C=O) groups is 3. The van der Waals surface area contributed by atoms with Gasteiger partial charge in [0.2, 0.25) is 17.7 Å². The van der Waals surface area contributed by atoms with E-state index in [4.69, 9.17) is 15.3 Å². The Morgan fingerprint density at radius 2 is 2.22 bits per heavy atom. The summed E-state index contributed by atoms with van der Waals surface area (Å²) < 4.78 is 4.95. The number of oxazole rings is 1. The lowest BCUT2D eigenvalue weighted by Crippen LogP contribution is -2.43. The maximum absolute atomic E-state index is 11.5. The molecule has 1 heterocycles. The third-order valence-electron chi connectivity index (χ3n) is 2.02. The molecule has 0 aromatic carbocycles. The van der Waals surface area contributed by atoms with Gasteiger partial charge in [0.25, 0.3) is 0 Å². The van der Waals surface area contributed by atoms with Crippen molar-refractivity contribution in [3.8, 4) is 0 Å². The van der Waals surface area contributed by atoms with E-state index in [-0.39, 0.29) is 12.3 Å². The predicted molar refractivity (Wildman–Crippen MR) is 58.3 cm³/mol. The number of carboxylic acid groups (broad SMARTS) is 1. The molecule has 8 heteroatoms. The van der Waals surface area contributed by atoms with Crippen LogP contribution < -0.4 is 11.1 Å². The van der Waals surface area contributed by atoms with Crippen molar-refractivity contribution in [1.82, 2.24) is 10.3 Å². The first-order chi connectivity index (χ1) is 8.38. The highest BCUT2D eigenvalue weighted by molar-refractivity contribution is 5.88. The molecule has 98 valence electrons. The minimum Gasteiger partial charge on any atom is -0.480 e. The number of nitrogens with zero attached hydrogens (tertiary/aromatic N) is 1. The number of amides is 2. The van der Waals surface area contributed by atoms with Crippen molar-refractivity contribution in [2.75, 3.05) is 0 Å². The minimum absolute atomic E-state index is 0.174. The zero-order valence-electron chi connectivity index (χ0n) is 9.67. The van der Waals surface area contributed by atoms with Crippen LogP contribution in [0.4, 0.5) is 0 Å². The molecule has 1 aromatic rings. The molecule has 8 nitrogen and oxygen atoms in total. The molecule has 18 heavy (non-hydrogen) atoms. The van der Waals surface area contributed by atoms with Crippen LogP contribution in [0, 0.1) is 6.92 Å². The highest BCUT2D eigenvalue weighted by atomic mass is 16.4. The maximum atomic E-state index is 11.5. The van der Waals surface area contributed by atoms with Crippen LogP contribution in [0.25, 0.3) is 0 Å². The summed E-state index contributed by atoms with van der Waals surface area (Å²) in [5.41, 5.74) is 5.49. The van der Waals surface area contributed by atoms with Gasteiger partial charge in [-0.1, -0.05) is 0 Å². The van der Waals surface area contributed by atoms with E-state index in [1.165, 1.54) is 6.26 Å². The lowest BCUT2D eigenvalue weighted by molar-refractivity contribution is -0.143. The number of carbonyl (C=O) groups excluding carboxylic acids is 2. The molecular formula is C10H13N3O5. The molecule has 0 bridgehead atoms. The number of hydrogen-bond donors (Lipinski definition) is 3. The first kappa shape index (κ1) is 13.7. The van der Waals surface area contributed by atoms with Crippen molar-refractivity contribution in [2.24, 2.45) is 5.73 Å². The van der Waals surface area contributed by atoms with Crippen LogP contribution in [0.5, 0.6) is 0 Å². The summed E-state index contributed by atoms with van der Waals surface area (Å²) in [6.07, 6.45) is 0.711. The Balaban J connectivity index is 2.56. The molecule has 1 atom stereocenters. The molecule has 0 saturated carbocycles. The molecular weight excluding hydrogens is 242 g/mol. The van der Waals surface area contributed by atoms with Gasteiger partial charge in [0.15, 0.2) is 0 Å². The molecule has 0 radical (unpaired) electrons. The molecule has 0 fully saturated rings. The monoisotopic (exact) mass is 255 g/mol. The number of aliphatic carboxylic acids is 1. The zero-order valence-corrected chi connectivity index (χ0v) is 9.67. The molecule has 0 aliphatic rings. The smallest absolute Gasteiger partial charge is 0.326 e. The molecule has 0 unspecified atom stereocenters. The van der Waals surface area contributed by atoms with Crippen LogP contribution in [0.2, 0.25) is 0 Å². The molecule has 0 aliphatic heterocycles. The van der Waals surface area contributed by atoms with E-state index in [9.17, 15) is 14.4 Å². The number of carboxylic acids is 1. The molecule has 1 rings (SSSR count). The fourth-order valence-electron chi connectivity index (χ4n) is 1.27. The fourth-order valence-corrected chi connectivity index (χ4v) is 1.27. The minimum atomic E-state index is -1.34. The van der Waals surface area contributed by atoms with Gasteiger partial charge in [-0.3, -0.25) is 9.59 Å². The van der Waals surface area contributed by atoms with Gasteiger partial charge in [0.1, 0.15) is 18.7 Å². The number of rotatable bonds is 6. The summed E-state index contributed by atoms with van der Waals surface area (Å²) in [5, 5.41) is 10.9. The SMILES string of the molecule is Cc1coc(CC(=O)N[C@@H](CC(N)=O)C(=O)O)n1. The lowest BCUT2D eigenvalue weighted by Gasteiger charge is -2.11. The average molecular weight is 255 g/mol. The van der Waals surface area contributed by atoms with E-state index in [0.717, 1.165) is 0 Å². The average Bonchev–Trinajstić information content (AvgIpc) is 2.62. The highest BCUT2D eigenvalue weighted by Crippen LogP contribution is 2.01. The van der Waals surface area contributed by atoms with Crippen molar-refractivity contribution >= 4 is 17.8 Å². The molecule has 0 spiro atoms. The summed E-state index contributed by atoms with van der Waals surface area (Å²) in [7, 11) is 0. The van der Waals surface area contributed by atoms with E-state index < -0.39 is 30.2 Å². The Morgan fingerprint density at radius 3 is 2.67 bits per heavy atom. The normalized spacial score (nSPS) is 11.8. The maximum Gasteiger partial charge on any atom is 0.326 e. The number of primary amides is 1. The van der Waals surface area contributed by atoms with Gasteiger partial charge in [-0.15, -0.1) is 0 Å². The highest BCUT2D eigenvalue weighted by Gasteiger charge is 2.22. The third kappa shape index (κ3) is 4.24. The van der Waals surface area contributed by atoms with Crippen LogP contribution >= 0.6 is 0 Å². The Kier molecular flexibility index (Phi) is 4.41. The van der Waals surface area contributed by atoms with E-state index in [1.807, 2.05) is 0 Å². The summed E-state index contributed by atoms with van der Waals surface area (Å²) >= 11 is 0. The van der Waals surface area contributed by atoms with Crippen molar-refractivity contribution in [3.63, 3.8) is 0 Å². The van der Waals surface area contributed by atoms with E-state index in [2.05, 4.69) is 10.3 Å². The first-order valence-corrected chi connectivity index (χ1v) is 5.10. The molecule has 0 saturated heterocycles. The van der Waals surface area contributed by atoms with Gasteiger partial charge in [-0.25, -0.2) is 9.78 Å². The standard InChI is InChI=1S/C10H13N3O5/c1-5-4-18-9(12-5)3-8(15)13-6(10(16)17)2-7(11)14/h4,6H,2-3H2,1H3,(H2,11,14)(H,13,15)(H,16,17)/t6-/m0/s1. The number of aryl methyl sites for hydroxylation is 1. The van der Waals surface area contributed by atoms with Crippen LogP contribution in [0.15, 0.2) is 10.7 Å². The number of nitrogens with two attached hydrogens (primary N) is 1. The van der Waals surface area contributed by atoms with Crippen LogP contribution in [0.3, 0.4) is 0 Å². The largest absolute Gasteiger partial charge is 0.480 e. The Morgan fingerprint density at radius 1 is 1.56 bits per heavy atom. The second kappa shape index (κ2) is 5.80.